The van der Waals surface area contributed by atoms with Crippen LogP contribution >= 0.6 is 0 Å². The molecular weight excluding hydrogens is 370 g/mol. The maximum Gasteiger partial charge on any atom is 0.0930 e. The van der Waals surface area contributed by atoms with E-state index in [1.807, 2.05) is 48.7 Å². The van der Waals surface area contributed by atoms with Gasteiger partial charge in [0.1, 0.15) is 0 Å². The van der Waals surface area contributed by atoms with Crippen molar-refractivity contribution in [3.8, 4) is 11.3 Å². The molecule has 0 radical (unpaired) electrons. The molecule has 152 valence electrons. The van der Waals surface area contributed by atoms with Crippen molar-refractivity contribution in [2.24, 2.45) is 5.92 Å². The van der Waals surface area contributed by atoms with Crippen molar-refractivity contribution in [2.45, 2.75) is 25.8 Å². The van der Waals surface area contributed by atoms with E-state index in [1.54, 1.807) is 0 Å². The van der Waals surface area contributed by atoms with Crippen LogP contribution in [-0.4, -0.2) is 32.9 Å². The zero-order valence-electron chi connectivity index (χ0n) is 17.3. The lowest BCUT2D eigenvalue weighted by Crippen LogP contribution is -2.37. The molecule has 4 aromatic rings. The second-order valence-electron chi connectivity index (χ2n) is 8.33. The number of likely N-dealkylation sites (tertiary alicyclic amines) is 1. The van der Waals surface area contributed by atoms with Crippen molar-refractivity contribution in [1.82, 2.24) is 14.6 Å². The third-order valence-corrected chi connectivity index (χ3v) is 6.36. The number of pyridine rings is 1. The molecule has 30 heavy (non-hydrogen) atoms. The van der Waals surface area contributed by atoms with Gasteiger partial charge in [-0.15, -0.1) is 0 Å². The summed E-state index contributed by atoms with van der Waals surface area (Å²) in [4.78, 5) is 7.31. The van der Waals surface area contributed by atoms with E-state index in [0.29, 0.717) is 0 Å². The Kier molecular flexibility index (Phi) is 5.01. The molecule has 0 spiro atoms. The van der Waals surface area contributed by atoms with Gasteiger partial charge in [-0.1, -0.05) is 61.5 Å². The summed E-state index contributed by atoms with van der Waals surface area (Å²) in [6.07, 6.45) is 4.23. The molecule has 1 unspecified atom stereocenters. The van der Waals surface area contributed by atoms with Gasteiger partial charge in [-0.05, 0) is 50.0 Å². The first-order valence-corrected chi connectivity index (χ1v) is 10.8. The van der Waals surface area contributed by atoms with E-state index in [9.17, 15) is 5.21 Å². The largest absolute Gasteiger partial charge is 0.428 e. The lowest BCUT2D eigenvalue weighted by Gasteiger charge is -2.37. The van der Waals surface area contributed by atoms with Gasteiger partial charge >= 0.3 is 0 Å². The Bertz CT molecular complexity index is 1130. The number of fused-ring (bicyclic) bond motifs is 1. The van der Waals surface area contributed by atoms with Crippen LogP contribution in [0.4, 0.5) is 0 Å². The molecule has 3 heterocycles. The van der Waals surface area contributed by atoms with E-state index in [1.165, 1.54) is 17.6 Å². The topological polar surface area (TPSA) is 41.3 Å². The summed E-state index contributed by atoms with van der Waals surface area (Å²) in [5, 5.41) is 12.3. The molecule has 0 bridgehead atoms. The van der Waals surface area contributed by atoms with Crippen molar-refractivity contribution in [3.63, 3.8) is 0 Å². The Morgan fingerprint density at radius 3 is 2.33 bits per heavy atom. The first-order chi connectivity index (χ1) is 14.7. The second-order valence-corrected chi connectivity index (χ2v) is 8.33. The van der Waals surface area contributed by atoms with Gasteiger partial charge in [0.05, 0.1) is 22.9 Å². The normalized spacial score (nSPS) is 16.7. The summed E-state index contributed by atoms with van der Waals surface area (Å²) in [6.45, 7) is 4.39. The number of nitrogens with zero attached hydrogens (tertiary/aromatic N) is 3. The average molecular weight is 398 g/mol. The Morgan fingerprint density at radius 2 is 1.60 bits per heavy atom. The van der Waals surface area contributed by atoms with Crippen molar-refractivity contribution in [3.05, 3.63) is 90.3 Å². The standard InChI is InChI=1S/C26H27N3O/c1-19-14-17-28(18-15-19)26(22-12-7-8-16-27-22)24-21-11-5-6-13-23(21)29(30)25(24)20-9-3-2-4-10-20/h2-13,16,19,26,30H,14-15,17-18H2,1H3. The van der Waals surface area contributed by atoms with E-state index in [-0.39, 0.29) is 6.04 Å². The van der Waals surface area contributed by atoms with E-state index in [0.717, 1.165) is 52.4 Å². The quantitative estimate of drug-likeness (QED) is 0.445. The highest BCUT2D eigenvalue weighted by atomic mass is 16.5. The molecule has 5 rings (SSSR count). The van der Waals surface area contributed by atoms with Crippen LogP contribution < -0.4 is 0 Å². The Hall–Kier alpha value is -3.11. The highest BCUT2D eigenvalue weighted by Crippen LogP contribution is 2.42. The molecule has 0 amide bonds. The number of aromatic nitrogens is 2. The number of hydrogen-bond acceptors (Lipinski definition) is 3. The smallest absolute Gasteiger partial charge is 0.0930 e. The van der Waals surface area contributed by atoms with Crippen LogP contribution in [0.1, 0.15) is 37.1 Å². The minimum atomic E-state index is -0.00722. The summed E-state index contributed by atoms with van der Waals surface area (Å²) >= 11 is 0. The number of benzene rings is 2. The second kappa shape index (κ2) is 7.96. The highest BCUT2D eigenvalue weighted by Gasteiger charge is 2.33. The number of rotatable bonds is 4. The molecule has 2 aromatic carbocycles. The van der Waals surface area contributed by atoms with Crippen molar-refractivity contribution >= 4 is 10.9 Å². The molecular formula is C26H27N3O. The Morgan fingerprint density at radius 1 is 0.900 bits per heavy atom. The maximum atomic E-state index is 11.2. The van der Waals surface area contributed by atoms with Crippen LogP contribution in [0.3, 0.4) is 0 Å². The summed E-state index contributed by atoms with van der Waals surface area (Å²) < 4.78 is 1.36. The third kappa shape index (κ3) is 3.27. The Balaban J connectivity index is 1.78. The molecule has 0 saturated carbocycles. The Labute approximate surface area is 177 Å². The number of hydrogen-bond donors (Lipinski definition) is 1. The summed E-state index contributed by atoms with van der Waals surface area (Å²) in [5.41, 5.74) is 4.86. The fourth-order valence-corrected chi connectivity index (χ4v) is 4.74. The minimum absolute atomic E-state index is 0.00722. The molecule has 4 heteroatoms. The van der Waals surface area contributed by atoms with Crippen molar-refractivity contribution < 1.29 is 5.21 Å². The van der Waals surface area contributed by atoms with Gasteiger partial charge in [0, 0.05) is 22.7 Å². The zero-order chi connectivity index (χ0) is 20.5. The molecule has 1 atom stereocenters. The summed E-state index contributed by atoms with van der Waals surface area (Å²) in [5.74, 6) is 0.749. The van der Waals surface area contributed by atoms with Crippen LogP contribution in [-0.2, 0) is 0 Å². The maximum absolute atomic E-state index is 11.2. The van der Waals surface area contributed by atoms with Gasteiger partial charge in [-0.3, -0.25) is 9.88 Å². The van der Waals surface area contributed by atoms with Crippen LogP contribution in [0.15, 0.2) is 79.0 Å². The number of piperidine rings is 1. The molecule has 1 fully saturated rings. The number of para-hydroxylation sites is 1. The molecule has 4 nitrogen and oxygen atoms in total. The highest BCUT2D eigenvalue weighted by molar-refractivity contribution is 5.92. The van der Waals surface area contributed by atoms with Crippen molar-refractivity contribution in [1.29, 1.82) is 0 Å². The van der Waals surface area contributed by atoms with Gasteiger partial charge in [0.15, 0.2) is 0 Å². The van der Waals surface area contributed by atoms with Crippen LogP contribution in [0.25, 0.3) is 22.2 Å². The fraction of sp³-hybridized carbons (Fsp3) is 0.269. The van der Waals surface area contributed by atoms with Crippen LogP contribution in [0, 0.1) is 5.92 Å². The zero-order valence-corrected chi connectivity index (χ0v) is 17.3. The fourth-order valence-electron chi connectivity index (χ4n) is 4.74. The van der Waals surface area contributed by atoms with Gasteiger partial charge in [-0.25, -0.2) is 0 Å². The van der Waals surface area contributed by atoms with Crippen molar-refractivity contribution in [2.75, 3.05) is 13.1 Å². The summed E-state index contributed by atoms with van der Waals surface area (Å²) in [6, 6.07) is 24.4. The molecule has 1 aliphatic rings. The van der Waals surface area contributed by atoms with E-state index < -0.39 is 0 Å². The third-order valence-electron chi connectivity index (χ3n) is 6.36. The monoisotopic (exact) mass is 397 g/mol. The van der Waals surface area contributed by atoms with E-state index >= 15 is 0 Å². The van der Waals surface area contributed by atoms with Crippen LogP contribution in [0.5, 0.6) is 0 Å². The molecule has 2 aromatic heterocycles. The molecule has 1 aliphatic heterocycles. The molecule has 0 aliphatic carbocycles. The SMILES string of the molecule is CC1CCN(C(c2ccccn2)c2c(-c3ccccc3)n(O)c3ccccc23)CC1. The predicted molar refractivity (Wildman–Crippen MR) is 121 cm³/mol. The minimum Gasteiger partial charge on any atom is -0.428 e. The lowest BCUT2D eigenvalue weighted by molar-refractivity contribution is 0.154. The average Bonchev–Trinajstić information content (AvgIpc) is 3.09. The van der Waals surface area contributed by atoms with E-state index in [2.05, 4.69) is 42.2 Å². The van der Waals surface area contributed by atoms with Crippen LogP contribution in [0.2, 0.25) is 0 Å². The molecule has 1 saturated heterocycles. The van der Waals surface area contributed by atoms with Gasteiger partial charge in [-0.2, -0.15) is 4.73 Å². The first-order valence-electron chi connectivity index (χ1n) is 10.8. The lowest BCUT2D eigenvalue weighted by atomic mass is 9.91. The van der Waals surface area contributed by atoms with Gasteiger partial charge in [0.25, 0.3) is 0 Å². The van der Waals surface area contributed by atoms with Gasteiger partial charge < -0.3 is 5.21 Å². The van der Waals surface area contributed by atoms with Gasteiger partial charge in [0.2, 0.25) is 0 Å². The van der Waals surface area contributed by atoms with E-state index in [4.69, 9.17) is 4.98 Å². The summed E-state index contributed by atoms with van der Waals surface area (Å²) in [7, 11) is 0. The molecule has 1 N–H and O–H groups in total. The predicted octanol–water partition coefficient (Wildman–Crippen LogP) is 5.76. The first kappa shape index (κ1) is 18.9.